The number of rotatable bonds is 7. The molecule has 1 aliphatic heterocycles. The zero-order chi connectivity index (χ0) is 24.8. The lowest BCUT2D eigenvalue weighted by atomic mass is 9.84. The first kappa shape index (κ1) is 23.2. The molecule has 2 aliphatic rings. The maximum Gasteiger partial charge on any atom is 0.338 e. The zero-order valence-corrected chi connectivity index (χ0v) is 19.6. The Bertz CT molecular complexity index is 1260. The van der Waals surface area contributed by atoms with E-state index >= 15 is 4.39 Å². The monoisotopic (exact) mass is 483 g/mol. The average Bonchev–Trinajstić information content (AvgIpc) is 3.50. The number of fused-ring (bicyclic) bond motifs is 1. The highest BCUT2D eigenvalue weighted by atomic mass is 19.1. The average molecular weight is 484 g/mol. The van der Waals surface area contributed by atoms with Gasteiger partial charge >= 0.3 is 11.9 Å². The second-order valence-corrected chi connectivity index (χ2v) is 9.18. The van der Waals surface area contributed by atoms with E-state index < -0.39 is 35.5 Å². The zero-order valence-electron chi connectivity index (χ0n) is 19.6. The lowest BCUT2D eigenvalue weighted by molar-refractivity contribution is -0.175. The van der Waals surface area contributed by atoms with Gasteiger partial charge in [-0.2, -0.15) is 0 Å². The van der Waals surface area contributed by atoms with Gasteiger partial charge in [-0.1, -0.05) is 18.2 Å². The van der Waals surface area contributed by atoms with Gasteiger partial charge in [0.2, 0.25) is 0 Å². The molecule has 1 aromatic carbocycles. The standard InChI is InChI=1S/C24H26FN5O5/c1-14(31)35-24(3)17(11-33-21(32)15-7-5-4-6-8-15)34-22(23(24,2)25)30-13-28-18-19(29-16-9-10-16)26-12-27-20(18)30/h4-8,12-13,16-17,22H,9-11H2,1-3H3,(H,26,27,29)/t17-,22+,23+,24+/m1/s1. The van der Waals surface area contributed by atoms with E-state index in [1.807, 2.05) is 0 Å². The number of anilines is 1. The van der Waals surface area contributed by atoms with Gasteiger partial charge in [0.25, 0.3) is 0 Å². The number of nitrogens with zero attached hydrogens (tertiary/aromatic N) is 4. The van der Waals surface area contributed by atoms with E-state index in [2.05, 4.69) is 20.3 Å². The third-order valence-corrected chi connectivity index (χ3v) is 6.60. The number of halogens is 1. The van der Waals surface area contributed by atoms with Crippen LogP contribution in [0.3, 0.4) is 0 Å². The van der Waals surface area contributed by atoms with Gasteiger partial charge in [-0.3, -0.25) is 9.36 Å². The normalized spacial score (nSPS) is 28.1. The van der Waals surface area contributed by atoms with Crippen molar-refractivity contribution in [1.29, 1.82) is 0 Å². The van der Waals surface area contributed by atoms with Gasteiger partial charge in [0.15, 0.2) is 34.5 Å². The summed E-state index contributed by atoms with van der Waals surface area (Å²) in [4.78, 5) is 37.4. The lowest BCUT2D eigenvalue weighted by Crippen LogP contribution is -2.55. The van der Waals surface area contributed by atoms with Gasteiger partial charge in [-0.05, 0) is 38.8 Å². The largest absolute Gasteiger partial charge is 0.459 e. The van der Waals surface area contributed by atoms with Crippen LogP contribution in [0.1, 0.15) is 50.2 Å². The molecule has 0 unspecified atom stereocenters. The van der Waals surface area contributed by atoms with Crippen molar-refractivity contribution in [2.45, 2.75) is 63.3 Å². The highest BCUT2D eigenvalue weighted by Gasteiger charge is 2.66. The number of imidazole rings is 1. The lowest BCUT2D eigenvalue weighted by Gasteiger charge is -2.36. The minimum Gasteiger partial charge on any atom is -0.459 e. The van der Waals surface area contributed by atoms with Crippen molar-refractivity contribution >= 4 is 28.9 Å². The minimum atomic E-state index is -2.23. The Morgan fingerprint density at radius 1 is 1.20 bits per heavy atom. The summed E-state index contributed by atoms with van der Waals surface area (Å²) in [6, 6.07) is 8.74. The van der Waals surface area contributed by atoms with E-state index in [4.69, 9.17) is 14.2 Å². The van der Waals surface area contributed by atoms with Gasteiger partial charge in [-0.25, -0.2) is 24.1 Å². The van der Waals surface area contributed by atoms with Crippen LogP contribution in [-0.4, -0.2) is 61.5 Å². The van der Waals surface area contributed by atoms with Crippen molar-refractivity contribution in [3.05, 3.63) is 48.5 Å². The highest BCUT2D eigenvalue weighted by molar-refractivity contribution is 5.89. The van der Waals surface area contributed by atoms with Crippen molar-refractivity contribution < 1.29 is 28.2 Å². The smallest absolute Gasteiger partial charge is 0.338 e. The number of hydrogen-bond donors (Lipinski definition) is 1. The molecule has 1 aliphatic carbocycles. The number of hydrogen-bond acceptors (Lipinski definition) is 9. The second-order valence-electron chi connectivity index (χ2n) is 9.18. The van der Waals surface area contributed by atoms with E-state index in [9.17, 15) is 9.59 Å². The molecular formula is C24H26FN5O5. The molecule has 3 aromatic rings. The minimum absolute atomic E-state index is 0.330. The number of benzene rings is 1. The summed E-state index contributed by atoms with van der Waals surface area (Å²) in [6.45, 7) is 3.58. The summed E-state index contributed by atoms with van der Waals surface area (Å²) in [5.41, 5.74) is -2.81. The fourth-order valence-corrected chi connectivity index (χ4v) is 4.32. The molecule has 35 heavy (non-hydrogen) atoms. The molecule has 10 nitrogen and oxygen atoms in total. The summed E-state index contributed by atoms with van der Waals surface area (Å²) in [5.74, 6) is -0.723. The number of esters is 2. The van der Waals surface area contributed by atoms with Crippen LogP contribution in [0.25, 0.3) is 11.2 Å². The topological polar surface area (TPSA) is 117 Å². The summed E-state index contributed by atoms with van der Waals surface area (Å²) >= 11 is 0. The van der Waals surface area contributed by atoms with Crippen LogP contribution < -0.4 is 5.32 Å². The van der Waals surface area contributed by atoms with Crippen molar-refractivity contribution in [3.8, 4) is 0 Å². The van der Waals surface area contributed by atoms with Gasteiger partial charge in [0.1, 0.15) is 19.0 Å². The Morgan fingerprint density at radius 2 is 1.94 bits per heavy atom. The van der Waals surface area contributed by atoms with E-state index in [1.165, 1.54) is 38.0 Å². The second kappa shape index (κ2) is 8.56. The Hall–Kier alpha value is -3.60. The molecule has 3 heterocycles. The van der Waals surface area contributed by atoms with E-state index in [1.54, 1.807) is 30.3 Å². The predicted octanol–water partition coefficient (Wildman–Crippen LogP) is 3.21. The van der Waals surface area contributed by atoms with Crippen molar-refractivity contribution in [3.63, 3.8) is 0 Å². The third kappa shape index (κ3) is 4.09. The first-order chi connectivity index (χ1) is 16.7. The quantitative estimate of drug-likeness (QED) is 0.506. The molecule has 11 heteroatoms. The highest BCUT2D eigenvalue weighted by Crippen LogP contribution is 2.51. The van der Waals surface area contributed by atoms with Crippen molar-refractivity contribution in [2.24, 2.45) is 0 Å². The molecular weight excluding hydrogens is 457 g/mol. The molecule has 5 rings (SSSR count). The fourth-order valence-electron chi connectivity index (χ4n) is 4.32. The first-order valence-corrected chi connectivity index (χ1v) is 11.4. The van der Waals surface area contributed by atoms with Crippen molar-refractivity contribution in [1.82, 2.24) is 19.5 Å². The number of carbonyl (C=O) groups is 2. The van der Waals surface area contributed by atoms with Crippen molar-refractivity contribution in [2.75, 3.05) is 11.9 Å². The molecule has 0 spiro atoms. The number of alkyl halides is 1. The van der Waals surface area contributed by atoms with Gasteiger partial charge in [-0.15, -0.1) is 0 Å². The molecule has 184 valence electrons. The van der Waals surface area contributed by atoms with E-state index in [0.29, 0.717) is 28.6 Å². The Balaban J connectivity index is 1.46. The van der Waals surface area contributed by atoms with Crippen LogP contribution in [0.15, 0.2) is 43.0 Å². The van der Waals surface area contributed by atoms with E-state index in [0.717, 1.165) is 12.8 Å². The summed E-state index contributed by atoms with van der Waals surface area (Å²) in [5, 5.41) is 3.29. The molecule has 1 saturated heterocycles. The van der Waals surface area contributed by atoms with Gasteiger partial charge in [0, 0.05) is 13.0 Å². The summed E-state index contributed by atoms with van der Waals surface area (Å²) < 4.78 is 35.0. The molecule has 0 amide bonds. The maximum atomic E-state index is 16.5. The van der Waals surface area contributed by atoms with Crippen LogP contribution in [0.4, 0.5) is 10.2 Å². The van der Waals surface area contributed by atoms with Gasteiger partial charge < -0.3 is 19.5 Å². The number of carbonyl (C=O) groups excluding carboxylic acids is 2. The van der Waals surface area contributed by atoms with Crippen LogP contribution in [-0.2, 0) is 19.0 Å². The fraction of sp³-hybridized carbons (Fsp3) is 0.458. The van der Waals surface area contributed by atoms with Crippen LogP contribution in [0, 0.1) is 0 Å². The molecule has 0 bridgehead atoms. The van der Waals surface area contributed by atoms with Gasteiger partial charge in [0.05, 0.1) is 11.9 Å². The molecule has 4 atom stereocenters. The van der Waals surface area contributed by atoms with E-state index in [-0.39, 0.29) is 6.61 Å². The third-order valence-electron chi connectivity index (χ3n) is 6.60. The summed E-state index contributed by atoms with van der Waals surface area (Å²) in [6.07, 6.45) is 2.53. The van der Waals surface area contributed by atoms with Crippen LogP contribution >= 0.6 is 0 Å². The molecule has 0 radical (unpaired) electrons. The predicted molar refractivity (Wildman–Crippen MR) is 122 cm³/mol. The number of nitrogens with one attached hydrogen (secondary N) is 1. The molecule has 2 fully saturated rings. The molecule has 1 saturated carbocycles. The Kier molecular flexibility index (Phi) is 5.66. The number of aromatic nitrogens is 4. The first-order valence-electron chi connectivity index (χ1n) is 11.4. The van der Waals surface area contributed by atoms with Crippen LogP contribution in [0.2, 0.25) is 0 Å². The molecule has 2 aromatic heterocycles. The summed E-state index contributed by atoms with van der Waals surface area (Å²) in [7, 11) is 0. The number of ether oxygens (including phenoxy) is 3. The Morgan fingerprint density at radius 3 is 2.63 bits per heavy atom. The molecule has 1 N–H and O–H groups in total. The van der Waals surface area contributed by atoms with Crippen LogP contribution in [0.5, 0.6) is 0 Å². The SMILES string of the molecule is CC(=O)O[C@@]1(C)[C@@H](COC(=O)c2ccccc2)O[C@H](n2cnc3c(NC4CC4)ncnc32)[C@]1(C)F. The maximum absolute atomic E-state index is 16.5. The Labute approximate surface area is 200 Å².